The molecule has 0 radical (unpaired) electrons. The molecule has 2 aromatic carbocycles. The molecule has 5 nitrogen and oxygen atoms in total. The maximum atomic E-state index is 12.9. The van der Waals surface area contributed by atoms with Gasteiger partial charge in [-0.1, -0.05) is 24.3 Å². The molecule has 7 heteroatoms. The van der Waals surface area contributed by atoms with E-state index in [0.29, 0.717) is 18.9 Å². The molecule has 2 N–H and O–H groups in total. The van der Waals surface area contributed by atoms with Crippen LogP contribution < -0.4 is 10.6 Å². The van der Waals surface area contributed by atoms with Gasteiger partial charge < -0.3 is 10.6 Å². The second-order valence-electron chi connectivity index (χ2n) is 5.75. The van der Waals surface area contributed by atoms with E-state index in [-0.39, 0.29) is 12.1 Å². The van der Waals surface area contributed by atoms with Crippen LogP contribution in [0.5, 0.6) is 0 Å². The Balaban J connectivity index is 0.00000243. The van der Waals surface area contributed by atoms with Crippen molar-refractivity contribution in [1.82, 2.24) is 10.6 Å². The van der Waals surface area contributed by atoms with Crippen molar-refractivity contribution < 1.29 is 14.2 Å². The summed E-state index contributed by atoms with van der Waals surface area (Å²) >= 11 is 0. The lowest BCUT2D eigenvalue weighted by molar-refractivity contribution is 0.602. The molecule has 3 rings (SSSR count). The van der Waals surface area contributed by atoms with Gasteiger partial charge in [0.15, 0.2) is 9.84 Å². The molecule has 1 aliphatic rings. The topological polar surface area (TPSA) is 70.6 Å². The van der Waals surface area contributed by atoms with Gasteiger partial charge in [0, 0.05) is 20.4 Å². The number of rotatable bonds is 5. The van der Waals surface area contributed by atoms with E-state index in [1.165, 1.54) is 18.4 Å². The lowest BCUT2D eigenvalue weighted by atomic mass is 10.1. The normalized spacial score (nSPS) is 14.3. The van der Waals surface area contributed by atoms with E-state index in [2.05, 4.69) is 15.6 Å². The van der Waals surface area contributed by atoms with E-state index < -0.39 is 9.84 Å². The molecule has 0 saturated heterocycles. The van der Waals surface area contributed by atoms with Crippen LogP contribution in [0, 0.1) is 5.82 Å². The number of benzene rings is 2. The number of nitrogens with zero attached hydrogens (tertiary/aromatic N) is 1. The van der Waals surface area contributed by atoms with Gasteiger partial charge in [0.05, 0.1) is 17.2 Å². The van der Waals surface area contributed by atoms with Crippen LogP contribution in [-0.2, 0) is 16.4 Å². The van der Waals surface area contributed by atoms with Crippen molar-refractivity contribution in [2.75, 3.05) is 12.8 Å². The smallest absolute Gasteiger partial charge is 0.175 e. The molecular formula is C18H20FN3O2S. The fourth-order valence-corrected chi connectivity index (χ4v) is 3.04. The molecule has 0 fully saturated rings. The van der Waals surface area contributed by atoms with Crippen molar-refractivity contribution in [3.05, 3.63) is 77.5 Å². The van der Waals surface area contributed by atoms with Gasteiger partial charge in [-0.2, -0.15) is 0 Å². The maximum absolute atomic E-state index is 12.9. The molecule has 25 heavy (non-hydrogen) atoms. The number of hydrogen-bond donors (Lipinski definition) is 2. The van der Waals surface area contributed by atoms with E-state index in [1.54, 1.807) is 42.6 Å². The van der Waals surface area contributed by atoms with Crippen molar-refractivity contribution in [2.45, 2.75) is 11.4 Å². The first kappa shape index (κ1) is 17.2. The summed E-state index contributed by atoms with van der Waals surface area (Å²) in [6.07, 6.45) is 2.96. The molecule has 0 aliphatic carbocycles. The van der Waals surface area contributed by atoms with E-state index in [1.807, 2.05) is 0 Å². The Morgan fingerprint density at radius 2 is 1.84 bits per heavy atom. The third-order valence-corrected chi connectivity index (χ3v) is 4.89. The molecule has 1 heterocycles. The minimum atomic E-state index is -3.21. The van der Waals surface area contributed by atoms with E-state index in [9.17, 15) is 12.8 Å². The largest absolute Gasteiger partial charge is 0.382 e. The standard InChI is InChI=1S/C18H18FN3O2S.H2/c1-25(23,24)16-8-4-14(5-9-16)17-11-20-12-18(22-17)21-10-13-2-6-15(19)7-3-13;/h2-9,12,20-21H,10-11H2,1H3;1H. The van der Waals surface area contributed by atoms with Crippen LogP contribution in [0.15, 0.2) is 70.4 Å². The van der Waals surface area contributed by atoms with Gasteiger partial charge in [0.2, 0.25) is 0 Å². The summed E-state index contributed by atoms with van der Waals surface area (Å²) in [4.78, 5) is 4.84. The Bertz CT molecular complexity index is 924. The van der Waals surface area contributed by atoms with Gasteiger partial charge >= 0.3 is 0 Å². The third kappa shape index (κ3) is 4.45. The minimum Gasteiger partial charge on any atom is -0.382 e. The zero-order valence-corrected chi connectivity index (χ0v) is 14.5. The van der Waals surface area contributed by atoms with Gasteiger partial charge in [0.25, 0.3) is 0 Å². The van der Waals surface area contributed by atoms with Gasteiger partial charge in [-0.15, -0.1) is 0 Å². The highest BCUT2D eigenvalue weighted by atomic mass is 32.2. The summed E-state index contributed by atoms with van der Waals surface area (Å²) in [5, 5.41) is 6.33. The highest BCUT2D eigenvalue weighted by molar-refractivity contribution is 7.90. The lowest BCUT2D eigenvalue weighted by Gasteiger charge is -2.16. The number of nitrogens with one attached hydrogen (secondary N) is 2. The number of hydrogen-bond acceptors (Lipinski definition) is 5. The van der Waals surface area contributed by atoms with Crippen molar-refractivity contribution in [3.8, 4) is 0 Å². The molecule has 0 saturated carbocycles. The molecule has 0 unspecified atom stereocenters. The van der Waals surface area contributed by atoms with Gasteiger partial charge in [-0.25, -0.2) is 17.8 Å². The van der Waals surface area contributed by atoms with Crippen LogP contribution in [-0.4, -0.2) is 26.9 Å². The predicted molar refractivity (Wildman–Crippen MR) is 97.5 cm³/mol. The van der Waals surface area contributed by atoms with E-state index in [4.69, 9.17) is 0 Å². The molecule has 0 spiro atoms. The Hall–Kier alpha value is -2.67. The van der Waals surface area contributed by atoms with Crippen molar-refractivity contribution >= 4 is 15.5 Å². The fraction of sp³-hybridized carbons (Fsp3) is 0.167. The average molecular weight is 361 g/mol. The first-order chi connectivity index (χ1) is 11.9. The quantitative estimate of drug-likeness (QED) is 0.858. The summed E-state index contributed by atoms with van der Waals surface area (Å²) in [6, 6.07) is 12.9. The predicted octanol–water partition coefficient (Wildman–Crippen LogP) is 2.46. The Labute approximate surface area is 147 Å². The van der Waals surface area contributed by atoms with Crippen LogP contribution in [0.3, 0.4) is 0 Å². The number of halogens is 1. The molecular weight excluding hydrogens is 341 g/mol. The first-order valence-corrected chi connectivity index (χ1v) is 9.61. The highest BCUT2D eigenvalue weighted by Crippen LogP contribution is 2.13. The van der Waals surface area contributed by atoms with Crippen molar-refractivity contribution in [1.29, 1.82) is 0 Å². The number of aliphatic imine (C=N–C) groups is 1. The van der Waals surface area contributed by atoms with Crippen LogP contribution in [0.25, 0.3) is 0 Å². The van der Waals surface area contributed by atoms with Gasteiger partial charge in [-0.3, -0.25) is 0 Å². The van der Waals surface area contributed by atoms with Crippen LogP contribution in [0.1, 0.15) is 12.6 Å². The second kappa shape index (κ2) is 7.06. The minimum absolute atomic E-state index is 0. The molecule has 0 atom stereocenters. The zero-order chi connectivity index (χ0) is 17.9. The highest BCUT2D eigenvalue weighted by Gasteiger charge is 2.11. The molecule has 132 valence electrons. The second-order valence-corrected chi connectivity index (χ2v) is 7.76. The lowest BCUT2D eigenvalue weighted by Crippen LogP contribution is -2.27. The monoisotopic (exact) mass is 361 g/mol. The van der Waals surface area contributed by atoms with Crippen LogP contribution in [0.2, 0.25) is 0 Å². The Kier molecular flexibility index (Phi) is 4.85. The SMILES string of the molecule is CS(=O)(=O)c1ccc(C2=NC(NCc3ccc(F)cc3)=CNC2)cc1.[HH]. The van der Waals surface area contributed by atoms with Gasteiger partial charge in [0.1, 0.15) is 11.6 Å². The average Bonchev–Trinajstić information content (AvgIpc) is 2.61. The van der Waals surface area contributed by atoms with Crippen LogP contribution >= 0.6 is 0 Å². The summed E-state index contributed by atoms with van der Waals surface area (Å²) in [5.74, 6) is 0.401. The summed E-state index contributed by atoms with van der Waals surface area (Å²) in [5.41, 5.74) is 2.61. The number of sulfone groups is 1. The van der Waals surface area contributed by atoms with Crippen molar-refractivity contribution in [3.63, 3.8) is 0 Å². The van der Waals surface area contributed by atoms with E-state index >= 15 is 0 Å². The molecule has 1 aliphatic heterocycles. The van der Waals surface area contributed by atoms with Gasteiger partial charge in [-0.05, 0) is 35.4 Å². The molecule has 0 amide bonds. The zero-order valence-electron chi connectivity index (χ0n) is 13.7. The maximum Gasteiger partial charge on any atom is 0.175 e. The summed E-state index contributed by atoms with van der Waals surface area (Å²) in [7, 11) is -3.21. The Morgan fingerprint density at radius 3 is 2.48 bits per heavy atom. The Morgan fingerprint density at radius 1 is 1.16 bits per heavy atom. The fourth-order valence-electron chi connectivity index (χ4n) is 2.41. The van der Waals surface area contributed by atoms with Crippen LogP contribution in [0.4, 0.5) is 4.39 Å². The molecule has 0 bridgehead atoms. The summed E-state index contributed by atoms with van der Waals surface area (Å²) in [6.45, 7) is 1.08. The molecule has 2 aromatic rings. The summed E-state index contributed by atoms with van der Waals surface area (Å²) < 4.78 is 36.0. The third-order valence-electron chi connectivity index (χ3n) is 3.77. The molecule has 0 aromatic heterocycles. The van der Waals surface area contributed by atoms with Crippen molar-refractivity contribution in [2.24, 2.45) is 4.99 Å². The first-order valence-electron chi connectivity index (χ1n) is 7.72. The van der Waals surface area contributed by atoms with E-state index in [0.717, 1.165) is 16.8 Å².